The summed E-state index contributed by atoms with van der Waals surface area (Å²) in [5.41, 5.74) is 1.14. The second-order valence-corrected chi connectivity index (χ2v) is 9.31. The summed E-state index contributed by atoms with van der Waals surface area (Å²) in [7, 11) is 3.46. The summed E-state index contributed by atoms with van der Waals surface area (Å²) < 4.78 is 0. The number of benzene rings is 2. The fourth-order valence-electron chi connectivity index (χ4n) is 2.99. The van der Waals surface area contributed by atoms with Gasteiger partial charge in [0.25, 0.3) is 0 Å². The minimum Gasteiger partial charge on any atom is -0.341 e. The molecule has 0 saturated carbocycles. The van der Waals surface area contributed by atoms with Crippen LogP contribution < -0.4 is 10.4 Å². The van der Waals surface area contributed by atoms with Gasteiger partial charge in [-0.1, -0.05) is 85.8 Å². The van der Waals surface area contributed by atoms with Crippen LogP contribution in [0.4, 0.5) is 0 Å². The Labute approximate surface area is 170 Å². The SMILES string of the molecule is CC1C=CC(P(NC(=NCCN(C)C)c2ccccc2)c2ccccc2)=CC1. The van der Waals surface area contributed by atoms with Gasteiger partial charge >= 0.3 is 0 Å². The lowest BCUT2D eigenvalue weighted by atomic mass is 10.0. The molecule has 0 radical (unpaired) electrons. The van der Waals surface area contributed by atoms with E-state index in [0.29, 0.717) is 5.92 Å². The van der Waals surface area contributed by atoms with Crippen molar-refractivity contribution in [1.82, 2.24) is 9.99 Å². The Morgan fingerprint density at radius 1 is 1.07 bits per heavy atom. The average Bonchev–Trinajstić information content (AvgIpc) is 2.72. The van der Waals surface area contributed by atoms with Crippen LogP contribution >= 0.6 is 8.07 Å². The maximum absolute atomic E-state index is 4.94. The molecule has 0 aromatic heterocycles. The monoisotopic (exact) mass is 391 g/mol. The van der Waals surface area contributed by atoms with Gasteiger partial charge < -0.3 is 9.99 Å². The van der Waals surface area contributed by atoms with Crippen molar-refractivity contribution in [1.29, 1.82) is 0 Å². The van der Waals surface area contributed by atoms with Crippen LogP contribution in [0.1, 0.15) is 18.9 Å². The van der Waals surface area contributed by atoms with Crippen LogP contribution in [0.15, 0.2) is 89.2 Å². The van der Waals surface area contributed by atoms with Crippen molar-refractivity contribution in [3.63, 3.8) is 0 Å². The fraction of sp³-hybridized carbons (Fsp3) is 0.292. The van der Waals surface area contributed by atoms with Crippen LogP contribution in [-0.4, -0.2) is 37.9 Å². The van der Waals surface area contributed by atoms with Crippen LogP contribution in [-0.2, 0) is 0 Å². The van der Waals surface area contributed by atoms with Crippen LogP contribution in [0.3, 0.4) is 0 Å². The van der Waals surface area contributed by atoms with Crippen molar-refractivity contribution in [2.45, 2.75) is 13.3 Å². The maximum Gasteiger partial charge on any atom is 0.132 e. The van der Waals surface area contributed by atoms with E-state index in [9.17, 15) is 0 Å². The van der Waals surface area contributed by atoms with Crippen molar-refractivity contribution in [3.05, 3.63) is 89.8 Å². The molecular formula is C24H30N3P. The van der Waals surface area contributed by atoms with Crippen molar-refractivity contribution < 1.29 is 0 Å². The highest BCUT2D eigenvalue weighted by atomic mass is 31.1. The number of rotatable bonds is 7. The zero-order chi connectivity index (χ0) is 19.8. The summed E-state index contributed by atoms with van der Waals surface area (Å²) in [4.78, 5) is 7.10. The Balaban J connectivity index is 1.92. The molecule has 28 heavy (non-hydrogen) atoms. The van der Waals surface area contributed by atoms with E-state index >= 15 is 0 Å². The molecule has 1 aliphatic carbocycles. The first-order chi connectivity index (χ1) is 13.6. The van der Waals surface area contributed by atoms with E-state index in [-0.39, 0.29) is 0 Å². The predicted octanol–water partition coefficient (Wildman–Crippen LogP) is 4.79. The van der Waals surface area contributed by atoms with E-state index in [1.807, 2.05) is 0 Å². The van der Waals surface area contributed by atoms with Gasteiger partial charge in [0.15, 0.2) is 0 Å². The topological polar surface area (TPSA) is 27.6 Å². The number of nitrogens with zero attached hydrogens (tertiary/aromatic N) is 2. The summed E-state index contributed by atoms with van der Waals surface area (Å²) in [5.74, 6) is 1.59. The van der Waals surface area contributed by atoms with E-state index in [4.69, 9.17) is 4.99 Å². The first kappa shape index (κ1) is 20.5. The molecule has 3 rings (SSSR count). The number of hydrogen-bond acceptors (Lipinski definition) is 2. The molecule has 4 heteroatoms. The highest BCUT2D eigenvalue weighted by Crippen LogP contribution is 2.43. The zero-order valence-electron chi connectivity index (χ0n) is 17.0. The molecule has 146 valence electrons. The number of amidine groups is 1. The van der Waals surface area contributed by atoms with Gasteiger partial charge in [-0.25, -0.2) is 0 Å². The van der Waals surface area contributed by atoms with Crippen LogP contribution in [0.2, 0.25) is 0 Å². The summed E-state index contributed by atoms with van der Waals surface area (Å²) in [6.45, 7) is 3.97. The number of allylic oxidation sites excluding steroid dienone is 4. The fourth-order valence-corrected chi connectivity index (χ4v) is 4.95. The highest BCUT2D eigenvalue weighted by Gasteiger charge is 2.19. The van der Waals surface area contributed by atoms with E-state index in [1.54, 1.807) is 0 Å². The Hall–Kier alpha value is -2.22. The first-order valence-corrected chi connectivity index (χ1v) is 11.2. The van der Waals surface area contributed by atoms with Gasteiger partial charge in [0.2, 0.25) is 0 Å². The van der Waals surface area contributed by atoms with Gasteiger partial charge in [-0.3, -0.25) is 4.99 Å². The third-order valence-corrected chi connectivity index (χ3v) is 6.75. The standard InChI is InChI=1S/C24H30N3P/c1-20-14-16-23(17-15-20)28(22-12-8-5-9-13-22)26-24(25-18-19-27(2)3)21-10-6-4-7-11-21/h4-14,16-17,20H,15,18-19H2,1-3H3,(H,25,26). The van der Waals surface area contributed by atoms with Gasteiger partial charge in [0.1, 0.15) is 5.84 Å². The van der Waals surface area contributed by atoms with Crippen molar-refractivity contribution in [2.24, 2.45) is 10.9 Å². The van der Waals surface area contributed by atoms with Crippen molar-refractivity contribution in [3.8, 4) is 0 Å². The first-order valence-electron chi connectivity index (χ1n) is 9.88. The number of hydrogen-bond donors (Lipinski definition) is 1. The third-order valence-electron chi connectivity index (χ3n) is 4.65. The summed E-state index contributed by atoms with van der Waals surface area (Å²) >= 11 is 0. The lowest BCUT2D eigenvalue weighted by molar-refractivity contribution is 0.420. The number of likely N-dealkylation sites (N-methyl/N-ethyl adjacent to an activating group) is 1. The largest absolute Gasteiger partial charge is 0.341 e. The van der Waals surface area contributed by atoms with Gasteiger partial charge in [0, 0.05) is 17.4 Å². The third kappa shape index (κ3) is 5.89. The second-order valence-electron chi connectivity index (χ2n) is 7.38. The second kappa shape index (κ2) is 10.4. The van der Waals surface area contributed by atoms with E-state index in [2.05, 4.69) is 110 Å². The molecule has 1 N–H and O–H groups in total. The highest BCUT2D eigenvalue weighted by molar-refractivity contribution is 7.68. The molecule has 0 saturated heterocycles. The van der Waals surface area contributed by atoms with Gasteiger partial charge in [-0.2, -0.15) is 0 Å². The van der Waals surface area contributed by atoms with Crippen molar-refractivity contribution in [2.75, 3.05) is 27.2 Å². The Kier molecular flexibility index (Phi) is 7.59. The molecule has 0 spiro atoms. The average molecular weight is 391 g/mol. The minimum atomic E-state index is -0.708. The Morgan fingerprint density at radius 2 is 1.75 bits per heavy atom. The number of aliphatic imine (C=N–C) groups is 1. The zero-order valence-corrected chi connectivity index (χ0v) is 17.9. The predicted molar refractivity (Wildman–Crippen MR) is 124 cm³/mol. The Bertz CT molecular complexity index is 825. The lowest BCUT2D eigenvalue weighted by Gasteiger charge is -2.25. The molecule has 2 unspecified atom stereocenters. The van der Waals surface area contributed by atoms with Crippen LogP contribution in [0, 0.1) is 5.92 Å². The molecule has 1 aliphatic rings. The smallest absolute Gasteiger partial charge is 0.132 e. The van der Waals surface area contributed by atoms with E-state index < -0.39 is 8.07 Å². The molecule has 0 aliphatic heterocycles. The number of nitrogens with one attached hydrogen (secondary N) is 1. The molecule has 2 aromatic rings. The molecule has 0 heterocycles. The van der Waals surface area contributed by atoms with Gasteiger partial charge in [0.05, 0.1) is 14.6 Å². The molecule has 0 fully saturated rings. The molecule has 0 bridgehead atoms. The van der Waals surface area contributed by atoms with Gasteiger partial charge in [-0.15, -0.1) is 0 Å². The van der Waals surface area contributed by atoms with Crippen LogP contribution in [0.5, 0.6) is 0 Å². The molecule has 2 atom stereocenters. The van der Waals surface area contributed by atoms with Crippen LogP contribution in [0.25, 0.3) is 0 Å². The molecule has 3 nitrogen and oxygen atoms in total. The molecular weight excluding hydrogens is 361 g/mol. The Morgan fingerprint density at radius 3 is 2.36 bits per heavy atom. The summed E-state index contributed by atoms with van der Waals surface area (Å²) in [5, 5.41) is 6.51. The molecule has 0 amide bonds. The summed E-state index contributed by atoms with van der Waals surface area (Å²) in [6, 6.07) is 21.2. The normalized spacial score (nSPS) is 18.1. The maximum atomic E-state index is 4.94. The lowest BCUT2D eigenvalue weighted by Crippen LogP contribution is -2.26. The summed E-state index contributed by atoms with van der Waals surface area (Å²) in [6.07, 6.45) is 8.10. The van der Waals surface area contributed by atoms with Gasteiger partial charge in [-0.05, 0) is 31.7 Å². The van der Waals surface area contributed by atoms with E-state index in [0.717, 1.165) is 30.9 Å². The minimum absolute atomic E-state index is 0.610. The van der Waals surface area contributed by atoms with Crippen molar-refractivity contribution >= 4 is 19.2 Å². The molecule has 2 aromatic carbocycles. The quantitative estimate of drug-likeness (QED) is 0.418. The van der Waals surface area contributed by atoms with E-state index in [1.165, 1.54) is 10.6 Å².